The number of nitrogens with one attached hydrogen (secondary N) is 1. The molecule has 5 heteroatoms. The van der Waals surface area contributed by atoms with Crippen molar-refractivity contribution in [3.8, 4) is 11.3 Å². The van der Waals surface area contributed by atoms with Gasteiger partial charge in [-0.1, -0.05) is 30.3 Å². The van der Waals surface area contributed by atoms with Crippen LogP contribution in [-0.2, 0) is 6.54 Å². The van der Waals surface area contributed by atoms with Gasteiger partial charge < -0.3 is 4.90 Å². The van der Waals surface area contributed by atoms with Gasteiger partial charge in [-0.25, -0.2) is 0 Å². The Labute approximate surface area is 114 Å². The molecule has 4 nitrogen and oxygen atoms in total. The molecule has 0 saturated carbocycles. The standard InChI is InChI=1S/C13H16BrN3O/c1-16(2)8-9-17-13(18)11(14)12(15-17)10-6-4-3-5-7-10/h3-7,15H,8-9H2,1-2H3. The average Bonchev–Trinajstić information content (AvgIpc) is 2.65. The summed E-state index contributed by atoms with van der Waals surface area (Å²) in [4.78, 5) is 14.1. The molecule has 0 saturated heterocycles. The van der Waals surface area contributed by atoms with E-state index in [1.54, 1.807) is 4.68 Å². The summed E-state index contributed by atoms with van der Waals surface area (Å²) >= 11 is 3.37. The Morgan fingerprint density at radius 2 is 1.94 bits per heavy atom. The summed E-state index contributed by atoms with van der Waals surface area (Å²) in [5.74, 6) is 0. The topological polar surface area (TPSA) is 41.0 Å². The molecule has 1 aromatic carbocycles. The fraction of sp³-hybridized carbons (Fsp3) is 0.308. The lowest BCUT2D eigenvalue weighted by molar-refractivity contribution is 0.370. The van der Waals surface area contributed by atoms with Crippen LogP contribution in [0, 0.1) is 0 Å². The van der Waals surface area contributed by atoms with Crippen molar-refractivity contribution >= 4 is 15.9 Å². The number of rotatable bonds is 4. The summed E-state index contributed by atoms with van der Waals surface area (Å²) in [7, 11) is 3.97. The van der Waals surface area contributed by atoms with Crippen molar-refractivity contribution in [2.75, 3.05) is 20.6 Å². The Balaban J connectivity index is 2.34. The molecule has 0 unspecified atom stereocenters. The highest BCUT2D eigenvalue weighted by atomic mass is 79.9. The molecule has 1 N–H and O–H groups in total. The van der Waals surface area contributed by atoms with Gasteiger partial charge in [0, 0.05) is 12.1 Å². The first kappa shape index (κ1) is 13.1. The molecule has 0 aliphatic carbocycles. The lowest BCUT2D eigenvalue weighted by atomic mass is 10.2. The summed E-state index contributed by atoms with van der Waals surface area (Å²) in [6.45, 7) is 1.47. The lowest BCUT2D eigenvalue weighted by Crippen LogP contribution is -2.25. The van der Waals surface area contributed by atoms with E-state index in [0.29, 0.717) is 11.0 Å². The fourth-order valence-corrected chi connectivity index (χ4v) is 2.25. The highest BCUT2D eigenvalue weighted by Gasteiger charge is 2.12. The number of nitrogens with zero attached hydrogens (tertiary/aromatic N) is 2. The second kappa shape index (κ2) is 5.54. The Hall–Kier alpha value is -1.33. The van der Waals surface area contributed by atoms with E-state index in [4.69, 9.17) is 0 Å². The predicted molar refractivity (Wildman–Crippen MR) is 76.7 cm³/mol. The zero-order chi connectivity index (χ0) is 13.1. The molecule has 0 amide bonds. The van der Waals surface area contributed by atoms with Gasteiger partial charge in [-0.15, -0.1) is 0 Å². The van der Waals surface area contributed by atoms with Crippen molar-refractivity contribution in [2.24, 2.45) is 0 Å². The Morgan fingerprint density at radius 3 is 2.56 bits per heavy atom. The first-order valence-electron chi connectivity index (χ1n) is 5.78. The molecule has 18 heavy (non-hydrogen) atoms. The van der Waals surface area contributed by atoms with Crippen LogP contribution in [0.4, 0.5) is 0 Å². The lowest BCUT2D eigenvalue weighted by Gasteiger charge is -2.08. The van der Waals surface area contributed by atoms with Crippen LogP contribution >= 0.6 is 15.9 Å². The van der Waals surface area contributed by atoms with Crippen molar-refractivity contribution in [1.29, 1.82) is 0 Å². The maximum atomic E-state index is 12.0. The zero-order valence-electron chi connectivity index (χ0n) is 10.5. The molecule has 1 aromatic heterocycles. The Morgan fingerprint density at radius 1 is 1.28 bits per heavy atom. The molecular formula is C13H16BrN3O. The van der Waals surface area contributed by atoms with Crippen LogP contribution < -0.4 is 5.56 Å². The monoisotopic (exact) mass is 309 g/mol. The van der Waals surface area contributed by atoms with Crippen LogP contribution in [-0.4, -0.2) is 35.3 Å². The molecule has 0 bridgehead atoms. The van der Waals surface area contributed by atoms with Gasteiger partial charge in [0.2, 0.25) is 0 Å². The van der Waals surface area contributed by atoms with Crippen LogP contribution in [0.2, 0.25) is 0 Å². The number of H-pyrrole nitrogens is 1. The fourth-order valence-electron chi connectivity index (χ4n) is 1.71. The third-order valence-electron chi connectivity index (χ3n) is 2.73. The molecule has 0 aliphatic rings. The zero-order valence-corrected chi connectivity index (χ0v) is 12.1. The van der Waals surface area contributed by atoms with Crippen molar-refractivity contribution in [3.05, 3.63) is 45.2 Å². The first-order chi connectivity index (χ1) is 8.59. The summed E-state index contributed by atoms with van der Waals surface area (Å²) in [5, 5.41) is 3.15. The molecule has 0 radical (unpaired) electrons. The van der Waals surface area contributed by atoms with Gasteiger partial charge in [0.15, 0.2) is 0 Å². The summed E-state index contributed by atoms with van der Waals surface area (Å²) in [6.07, 6.45) is 0. The van der Waals surface area contributed by atoms with Gasteiger partial charge in [0.05, 0.1) is 12.2 Å². The Kier molecular flexibility index (Phi) is 4.04. The number of benzene rings is 1. The normalized spacial score (nSPS) is 11.1. The van der Waals surface area contributed by atoms with Gasteiger partial charge in [0.25, 0.3) is 5.56 Å². The molecule has 1 heterocycles. The molecule has 0 aliphatic heterocycles. The van der Waals surface area contributed by atoms with Crippen molar-refractivity contribution in [2.45, 2.75) is 6.54 Å². The predicted octanol–water partition coefficient (Wildman–Crippen LogP) is 2.17. The summed E-state index contributed by atoms with van der Waals surface area (Å²) in [5.41, 5.74) is 1.82. The first-order valence-corrected chi connectivity index (χ1v) is 6.57. The molecule has 0 atom stereocenters. The van der Waals surface area contributed by atoms with E-state index in [9.17, 15) is 4.79 Å². The minimum Gasteiger partial charge on any atom is -0.308 e. The quantitative estimate of drug-likeness (QED) is 0.940. The van der Waals surface area contributed by atoms with Crippen LogP contribution in [0.3, 0.4) is 0 Å². The molecule has 2 rings (SSSR count). The van der Waals surface area contributed by atoms with Crippen LogP contribution in [0.25, 0.3) is 11.3 Å². The van der Waals surface area contributed by atoms with Crippen molar-refractivity contribution < 1.29 is 0 Å². The number of likely N-dealkylation sites (N-methyl/N-ethyl adjacent to an activating group) is 1. The van der Waals surface area contributed by atoms with Gasteiger partial charge >= 0.3 is 0 Å². The Bertz CT molecular complexity index is 572. The van der Waals surface area contributed by atoms with Crippen LogP contribution in [0.5, 0.6) is 0 Å². The number of hydrogen-bond donors (Lipinski definition) is 1. The van der Waals surface area contributed by atoms with E-state index >= 15 is 0 Å². The minimum atomic E-state index is -0.0179. The van der Waals surface area contributed by atoms with E-state index in [1.165, 1.54) is 0 Å². The largest absolute Gasteiger partial charge is 0.308 e. The number of halogens is 1. The summed E-state index contributed by atoms with van der Waals surface area (Å²) < 4.78 is 2.22. The van der Waals surface area contributed by atoms with E-state index < -0.39 is 0 Å². The van der Waals surface area contributed by atoms with Crippen LogP contribution in [0.15, 0.2) is 39.6 Å². The molecule has 0 spiro atoms. The second-order valence-electron chi connectivity index (χ2n) is 4.43. The average molecular weight is 310 g/mol. The highest BCUT2D eigenvalue weighted by molar-refractivity contribution is 9.10. The second-order valence-corrected chi connectivity index (χ2v) is 5.22. The van der Waals surface area contributed by atoms with E-state index in [0.717, 1.165) is 17.8 Å². The maximum absolute atomic E-state index is 12.0. The maximum Gasteiger partial charge on any atom is 0.281 e. The van der Waals surface area contributed by atoms with E-state index in [-0.39, 0.29) is 5.56 Å². The third-order valence-corrected chi connectivity index (χ3v) is 3.47. The molecule has 0 fully saturated rings. The smallest absolute Gasteiger partial charge is 0.281 e. The number of hydrogen-bond acceptors (Lipinski definition) is 2. The van der Waals surface area contributed by atoms with Crippen molar-refractivity contribution in [3.63, 3.8) is 0 Å². The highest BCUT2D eigenvalue weighted by Crippen LogP contribution is 2.22. The SMILES string of the molecule is CN(C)CCn1[nH]c(-c2ccccc2)c(Br)c1=O. The van der Waals surface area contributed by atoms with Gasteiger partial charge in [-0.2, -0.15) is 0 Å². The number of aromatic amines is 1. The molecule has 2 aromatic rings. The van der Waals surface area contributed by atoms with E-state index in [2.05, 4.69) is 21.0 Å². The van der Waals surface area contributed by atoms with Gasteiger partial charge in [0.1, 0.15) is 4.47 Å². The molecule has 96 valence electrons. The third kappa shape index (κ3) is 2.73. The minimum absolute atomic E-state index is 0.0179. The van der Waals surface area contributed by atoms with Crippen LogP contribution in [0.1, 0.15) is 0 Å². The summed E-state index contributed by atoms with van der Waals surface area (Å²) in [6, 6.07) is 9.83. The number of aromatic nitrogens is 2. The van der Waals surface area contributed by atoms with Crippen molar-refractivity contribution in [1.82, 2.24) is 14.7 Å². The van der Waals surface area contributed by atoms with Gasteiger partial charge in [-0.3, -0.25) is 14.6 Å². The molecular weight excluding hydrogens is 294 g/mol. The van der Waals surface area contributed by atoms with E-state index in [1.807, 2.05) is 49.3 Å². The van der Waals surface area contributed by atoms with Gasteiger partial charge in [-0.05, 0) is 30.0 Å².